The van der Waals surface area contributed by atoms with Crippen molar-refractivity contribution in [2.75, 3.05) is 12.0 Å². The summed E-state index contributed by atoms with van der Waals surface area (Å²) in [7, 11) is -2.95. The molecule has 0 spiro atoms. The molecule has 0 saturated heterocycles. The van der Waals surface area contributed by atoms with Crippen molar-refractivity contribution >= 4 is 21.4 Å². The predicted molar refractivity (Wildman–Crippen MR) is 34.7 cm³/mol. The minimum absolute atomic E-state index is 0.130. The van der Waals surface area contributed by atoms with Crippen LogP contribution in [0.3, 0.4) is 0 Å². The lowest BCUT2D eigenvalue weighted by molar-refractivity contribution is 0.604. The summed E-state index contributed by atoms with van der Waals surface area (Å²) in [5.41, 5.74) is 0. The average molecular weight is 155 g/mol. The van der Waals surface area contributed by atoms with Crippen molar-refractivity contribution in [3.8, 4) is 0 Å². The smallest absolute Gasteiger partial charge is 0.152 e. The van der Waals surface area contributed by atoms with E-state index in [-0.39, 0.29) is 10.8 Å². The lowest BCUT2D eigenvalue weighted by atomic mass is 10.7. The van der Waals surface area contributed by atoms with E-state index in [0.717, 1.165) is 6.26 Å². The monoisotopic (exact) mass is 154 g/mol. The molecule has 0 rings (SSSR count). The first-order chi connectivity index (χ1) is 3.42. The zero-order valence-corrected chi connectivity index (χ0v) is 6.09. The van der Waals surface area contributed by atoms with Gasteiger partial charge in [0.1, 0.15) is 0 Å². The summed E-state index contributed by atoms with van der Waals surface area (Å²) in [6.07, 6.45) is 1.11. The molecule has 0 aromatic heterocycles. The second-order valence-corrected chi connectivity index (χ2v) is 4.26. The van der Waals surface area contributed by atoms with Gasteiger partial charge in [-0.05, 0) is 0 Å². The third-order valence-corrected chi connectivity index (χ3v) is 1.58. The van der Waals surface area contributed by atoms with Crippen LogP contribution in [0.5, 0.6) is 0 Å². The van der Waals surface area contributed by atoms with E-state index in [9.17, 15) is 8.42 Å². The van der Waals surface area contributed by atoms with Gasteiger partial charge in [-0.3, -0.25) is 0 Å². The van der Waals surface area contributed by atoms with Crippen LogP contribution in [0.25, 0.3) is 0 Å². The molecule has 0 atom stereocenters. The molecule has 0 aliphatic carbocycles. The molecule has 0 unspecified atom stereocenters. The van der Waals surface area contributed by atoms with E-state index >= 15 is 0 Å². The number of sulfone groups is 1. The van der Waals surface area contributed by atoms with Gasteiger partial charge in [0.05, 0.1) is 5.75 Å². The fourth-order valence-electron chi connectivity index (χ4n) is 0.284. The highest BCUT2D eigenvalue weighted by molar-refractivity contribution is 7.90. The maximum Gasteiger partial charge on any atom is 0.152 e. The van der Waals surface area contributed by atoms with Crippen molar-refractivity contribution in [1.82, 2.24) is 0 Å². The van der Waals surface area contributed by atoms with E-state index in [1.54, 1.807) is 0 Å². The van der Waals surface area contributed by atoms with Crippen LogP contribution in [0.15, 0.2) is 11.6 Å². The van der Waals surface area contributed by atoms with Crippen molar-refractivity contribution in [1.29, 1.82) is 0 Å². The molecule has 0 aliphatic rings. The summed E-state index contributed by atoms with van der Waals surface area (Å²) in [5.74, 6) is -0.130. The summed E-state index contributed by atoms with van der Waals surface area (Å²) in [6.45, 7) is 3.23. The van der Waals surface area contributed by atoms with Crippen LogP contribution >= 0.6 is 11.6 Å². The molecule has 0 radical (unpaired) electrons. The van der Waals surface area contributed by atoms with Crippen LogP contribution in [0, 0.1) is 0 Å². The molecule has 0 bridgehead atoms. The normalized spacial score (nSPS) is 11.2. The molecule has 0 amide bonds. The van der Waals surface area contributed by atoms with Gasteiger partial charge in [0.15, 0.2) is 9.84 Å². The summed E-state index contributed by atoms with van der Waals surface area (Å²) >= 11 is 5.19. The molecule has 0 aromatic rings. The summed E-state index contributed by atoms with van der Waals surface area (Å²) in [6, 6.07) is 0. The molecule has 0 aromatic carbocycles. The fraction of sp³-hybridized carbons (Fsp3) is 0.500. The zero-order valence-electron chi connectivity index (χ0n) is 4.52. The molecule has 2 nitrogen and oxygen atoms in total. The standard InChI is InChI=1S/C4H7ClO2S/c1-4(5)3-8(2,6)7/h1,3H2,2H3. The van der Waals surface area contributed by atoms with E-state index in [2.05, 4.69) is 6.58 Å². The first kappa shape index (κ1) is 7.98. The first-order valence-electron chi connectivity index (χ1n) is 1.93. The van der Waals surface area contributed by atoms with Gasteiger partial charge in [0, 0.05) is 11.3 Å². The van der Waals surface area contributed by atoms with Crippen LogP contribution in [0.4, 0.5) is 0 Å². The van der Waals surface area contributed by atoms with Gasteiger partial charge < -0.3 is 0 Å². The van der Waals surface area contributed by atoms with Gasteiger partial charge in [0.2, 0.25) is 0 Å². The van der Waals surface area contributed by atoms with Crippen LogP contribution in [-0.2, 0) is 9.84 Å². The minimum atomic E-state index is -2.95. The second kappa shape index (κ2) is 2.51. The predicted octanol–water partition coefficient (Wildman–Crippen LogP) is 0.784. The molecule has 0 N–H and O–H groups in total. The summed E-state index contributed by atoms with van der Waals surface area (Å²) in [4.78, 5) is 0. The highest BCUT2D eigenvalue weighted by atomic mass is 35.5. The Hall–Kier alpha value is -0.0200. The molecule has 4 heteroatoms. The van der Waals surface area contributed by atoms with Crippen LogP contribution in [0.1, 0.15) is 0 Å². The van der Waals surface area contributed by atoms with Crippen LogP contribution < -0.4 is 0 Å². The van der Waals surface area contributed by atoms with Crippen molar-refractivity contribution < 1.29 is 8.42 Å². The van der Waals surface area contributed by atoms with E-state index in [0.29, 0.717) is 0 Å². The molecule has 8 heavy (non-hydrogen) atoms. The Balaban J connectivity index is 3.95. The zero-order chi connectivity index (χ0) is 6.78. The van der Waals surface area contributed by atoms with Crippen molar-refractivity contribution in [2.24, 2.45) is 0 Å². The van der Waals surface area contributed by atoms with Crippen molar-refractivity contribution in [3.05, 3.63) is 11.6 Å². The van der Waals surface area contributed by atoms with Gasteiger partial charge >= 0.3 is 0 Å². The molecular weight excluding hydrogens is 148 g/mol. The largest absolute Gasteiger partial charge is 0.229 e. The van der Waals surface area contributed by atoms with Crippen LogP contribution in [0.2, 0.25) is 0 Å². The Bertz CT molecular complexity index is 180. The van der Waals surface area contributed by atoms with Crippen molar-refractivity contribution in [3.63, 3.8) is 0 Å². The van der Waals surface area contributed by atoms with Gasteiger partial charge in [-0.2, -0.15) is 0 Å². The summed E-state index contributed by atoms with van der Waals surface area (Å²) < 4.78 is 20.6. The SMILES string of the molecule is C=C(Cl)CS(C)(=O)=O. The van der Waals surface area contributed by atoms with Crippen LogP contribution in [-0.4, -0.2) is 20.4 Å². The van der Waals surface area contributed by atoms with E-state index in [4.69, 9.17) is 11.6 Å². The molecule has 0 heterocycles. The fourth-order valence-corrected chi connectivity index (χ4v) is 1.45. The van der Waals surface area contributed by atoms with E-state index < -0.39 is 9.84 Å². The van der Waals surface area contributed by atoms with Gasteiger partial charge in [0.25, 0.3) is 0 Å². The number of hydrogen-bond donors (Lipinski definition) is 0. The van der Waals surface area contributed by atoms with E-state index in [1.807, 2.05) is 0 Å². The Morgan fingerprint density at radius 2 is 2.12 bits per heavy atom. The third kappa shape index (κ3) is 5.98. The molecule has 0 fully saturated rings. The third-order valence-electron chi connectivity index (χ3n) is 0.419. The lowest BCUT2D eigenvalue weighted by Crippen LogP contribution is -2.01. The van der Waals surface area contributed by atoms with Gasteiger partial charge in [-0.15, -0.1) is 0 Å². The van der Waals surface area contributed by atoms with Crippen molar-refractivity contribution in [2.45, 2.75) is 0 Å². The van der Waals surface area contributed by atoms with Gasteiger partial charge in [-0.1, -0.05) is 18.2 Å². The Morgan fingerprint density at radius 3 is 2.12 bits per heavy atom. The van der Waals surface area contributed by atoms with E-state index in [1.165, 1.54) is 0 Å². The highest BCUT2D eigenvalue weighted by Crippen LogP contribution is 1.99. The lowest BCUT2D eigenvalue weighted by Gasteiger charge is -1.90. The maximum atomic E-state index is 10.3. The molecular formula is C4H7ClO2S. The Kier molecular flexibility index (Phi) is 2.50. The van der Waals surface area contributed by atoms with Gasteiger partial charge in [-0.25, -0.2) is 8.42 Å². The first-order valence-corrected chi connectivity index (χ1v) is 4.36. The molecule has 0 saturated carbocycles. The number of rotatable bonds is 2. The Morgan fingerprint density at radius 1 is 1.75 bits per heavy atom. The summed E-state index contributed by atoms with van der Waals surface area (Å²) in [5, 5.41) is 0.160. The second-order valence-electron chi connectivity index (χ2n) is 1.59. The molecule has 48 valence electrons. The minimum Gasteiger partial charge on any atom is -0.229 e. The number of halogens is 1. The quantitative estimate of drug-likeness (QED) is 0.589. The molecule has 0 aliphatic heterocycles. The number of hydrogen-bond acceptors (Lipinski definition) is 2. The Labute approximate surface area is 54.1 Å². The highest BCUT2D eigenvalue weighted by Gasteiger charge is 2.00. The average Bonchev–Trinajstić information content (AvgIpc) is 1.21. The topological polar surface area (TPSA) is 34.1 Å². The maximum absolute atomic E-state index is 10.3.